The number of anilines is 2. The molecule has 108 valence electrons. The molecule has 1 aromatic rings. The summed E-state index contributed by atoms with van der Waals surface area (Å²) in [5.41, 5.74) is 0.681. The Balaban J connectivity index is 1.80. The summed E-state index contributed by atoms with van der Waals surface area (Å²) in [6.07, 6.45) is 4.35. The van der Waals surface area contributed by atoms with E-state index in [0.29, 0.717) is 12.2 Å². The highest BCUT2D eigenvalue weighted by molar-refractivity contribution is 5.91. The fraction of sp³-hybridized carbons (Fsp3) is 0.500. The third kappa shape index (κ3) is 4.22. The van der Waals surface area contributed by atoms with Gasteiger partial charge in [0.05, 0.1) is 11.9 Å². The zero-order valence-corrected chi connectivity index (χ0v) is 11.7. The number of hydrogen-bond donors (Lipinski definition) is 2. The summed E-state index contributed by atoms with van der Waals surface area (Å²) in [7, 11) is 0. The Labute approximate surface area is 118 Å². The standard InChI is InChI=1S/C14H20N4O2/c1-11(19)15-7-6-14(20)17-12-4-5-13(16-10-12)18-8-2-3-9-18/h4-5,10H,2-3,6-9H2,1H3,(H,15,19)(H,17,20). The summed E-state index contributed by atoms with van der Waals surface area (Å²) in [6, 6.07) is 3.78. The minimum atomic E-state index is -0.130. The van der Waals surface area contributed by atoms with E-state index in [-0.39, 0.29) is 18.2 Å². The molecule has 20 heavy (non-hydrogen) atoms. The van der Waals surface area contributed by atoms with Crippen molar-refractivity contribution in [2.45, 2.75) is 26.2 Å². The minimum Gasteiger partial charge on any atom is -0.357 e. The highest BCUT2D eigenvalue weighted by Gasteiger charge is 2.13. The number of hydrogen-bond acceptors (Lipinski definition) is 4. The predicted molar refractivity (Wildman–Crippen MR) is 77.6 cm³/mol. The fourth-order valence-electron chi connectivity index (χ4n) is 2.17. The highest BCUT2D eigenvalue weighted by Crippen LogP contribution is 2.18. The second-order valence-electron chi connectivity index (χ2n) is 4.88. The lowest BCUT2D eigenvalue weighted by Crippen LogP contribution is -2.25. The van der Waals surface area contributed by atoms with Gasteiger partial charge in [-0.2, -0.15) is 0 Å². The minimum absolute atomic E-state index is 0.130. The number of amides is 2. The van der Waals surface area contributed by atoms with Gasteiger partial charge in [-0.25, -0.2) is 4.98 Å². The van der Waals surface area contributed by atoms with E-state index in [1.807, 2.05) is 12.1 Å². The van der Waals surface area contributed by atoms with Crippen LogP contribution in [0.3, 0.4) is 0 Å². The molecular formula is C14H20N4O2. The van der Waals surface area contributed by atoms with Crippen molar-refractivity contribution < 1.29 is 9.59 Å². The van der Waals surface area contributed by atoms with Crippen LogP contribution in [0.2, 0.25) is 0 Å². The SMILES string of the molecule is CC(=O)NCCC(=O)Nc1ccc(N2CCCC2)nc1. The molecule has 2 N–H and O–H groups in total. The molecule has 0 aromatic carbocycles. The van der Waals surface area contributed by atoms with Crippen LogP contribution in [0.4, 0.5) is 11.5 Å². The summed E-state index contributed by atoms with van der Waals surface area (Å²) in [6.45, 7) is 3.88. The van der Waals surface area contributed by atoms with Gasteiger partial charge in [0.2, 0.25) is 11.8 Å². The third-order valence-electron chi connectivity index (χ3n) is 3.19. The van der Waals surface area contributed by atoms with Gasteiger partial charge in [-0.1, -0.05) is 0 Å². The van der Waals surface area contributed by atoms with Gasteiger partial charge < -0.3 is 15.5 Å². The van der Waals surface area contributed by atoms with Crippen LogP contribution in [0.25, 0.3) is 0 Å². The second kappa shape index (κ2) is 6.88. The molecule has 0 atom stereocenters. The zero-order valence-electron chi connectivity index (χ0n) is 11.7. The number of nitrogens with zero attached hydrogens (tertiary/aromatic N) is 2. The normalized spacial score (nSPS) is 14.2. The molecule has 0 aliphatic carbocycles. The van der Waals surface area contributed by atoms with Crippen LogP contribution in [0, 0.1) is 0 Å². The maximum atomic E-state index is 11.6. The smallest absolute Gasteiger partial charge is 0.226 e. The maximum Gasteiger partial charge on any atom is 0.226 e. The quantitative estimate of drug-likeness (QED) is 0.846. The van der Waals surface area contributed by atoms with Crippen molar-refractivity contribution in [3.05, 3.63) is 18.3 Å². The van der Waals surface area contributed by atoms with Crippen LogP contribution in [0.1, 0.15) is 26.2 Å². The second-order valence-corrected chi connectivity index (χ2v) is 4.88. The topological polar surface area (TPSA) is 74.3 Å². The van der Waals surface area contributed by atoms with Crippen molar-refractivity contribution in [1.29, 1.82) is 0 Å². The first-order valence-electron chi connectivity index (χ1n) is 6.90. The summed E-state index contributed by atoms with van der Waals surface area (Å²) < 4.78 is 0. The lowest BCUT2D eigenvalue weighted by molar-refractivity contribution is -0.119. The number of pyridine rings is 1. The molecule has 2 rings (SSSR count). The van der Waals surface area contributed by atoms with E-state index in [1.165, 1.54) is 19.8 Å². The zero-order chi connectivity index (χ0) is 14.4. The van der Waals surface area contributed by atoms with Gasteiger partial charge in [0.1, 0.15) is 5.82 Å². The molecule has 0 radical (unpaired) electrons. The van der Waals surface area contributed by atoms with Crippen molar-refractivity contribution in [2.75, 3.05) is 29.9 Å². The Morgan fingerprint density at radius 2 is 2.05 bits per heavy atom. The first kappa shape index (κ1) is 14.3. The van der Waals surface area contributed by atoms with Crippen molar-refractivity contribution in [3.8, 4) is 0 Å². The molecule has 0 saturated carbocycles. The molecule has 1 fully saturated rings. The molecule has 6 heteroatoms. The molecule has 1 aliphatic rings. The fourth-order valence-corrected chi connectivity index (χ4v) is 2.17. The van der Waals surface area contributed by atoms with E-state index in [2.05, 4.69) is 20.5 Å². The lowest BCUT2D eigenvalue weighted by atomic mass is 10.3. The lowest BCUT2D eigenvalue weighted by Gasteiger charge is -2.16. The summed E-state index contributed by atoms with van der Waals surface area (Å²) in [4.78, 5) is 28.9. The largest absolute Gasteiger partial charge is 0.357 e. The van der Waals surface area contributed by atoms with Crippen molar-refractivity contribution >= 4 is 23.3 Å². The van der Waals surface area contributed by atoms with Gasteiger partial charge in [-0.05, 0) is 25.0 Å². The number of nitrogens with one attached hydrogen (secondary N) is 2. The monoisotopic (exact) mass is 276 g/mol. The first-order valence-corrected chi connectivity index (χ1v) is 6.90. The van der Waals surface area contributed by atoms with Crippen molar-refractivity contribution in [3.63, 3.8) is 0 Å². The Morgan fingerprint density at radius 3 is 2.65 bits per heavy atom. The third-order valence-corrected chi connectivity index (χ3v) is 3.19. The average molecular weight is 276 g/mol. The van der Waals surface area contributed by atoms with E-state index < -0.39 is 0 Å². The van der Waals surface area contributed by atoms with Crippen LogP contribution in [0.5, 0.6) is 0 Å². The Kier molecular flexibility index (Phi) is 4.92. The van der Waals surface area contributed by atoms with Gasteiger partial charge in [-0.15, -0.1) is 0 Å². The molecule has 2 amide bonds. The van der Waals surface area contributed by atoms with E-state index in [9.17, 15) is 9.59 Å². The Morgan fingerprint density at radius 1 is 1.30 bits per heavy atom. The van der Waals surface area contributed by atoms with E-state index >= 15 is 0 Å². The average Bonchev–Trinajstić information content (AvgIpc) is 2.93. The van der Waals surface area contributed by atoms with E-state index in [0.717, 1.165) is 18.9 Å². The van der Waals surface area contributed by atoms with Gasteiger partial charge in [0, 0.05) is 33.0 Å². The van der Waals surface area contributed by atoms with Gasteiger partial charge in [0.25, 0.3) is 0 Å². The molecule has 0 unspecified atom stereocenters. The summed E-state index contributed by atoms with van der Waals surface area (Å²) in [5, 5.41) is 5.35. The number of carbonyl (C=O) groups excluding carboxylic acids is 2. The molecule has 1 saturated heterocycles. The Bertz CT molecular complexity index is 467. The van der Waals surface area contributed by atoms with Crippen LogP contribution in [-0.4, -0.2) is 36.4 Å². The number of carbonyl (C=O) groups is 2. The Hall–Kier alpha value is -2.11. The van der Waals surface area contributed by atoms with Crippen molar-refractivity contribution in [1.82, 2.24) is 10.3 Å². The van der Waals surface area contributed by atoms with Crippen LogP contribution >= 0.6 is 0 Å². The highest BCUT2D eigenvalue weighted by atomic mass is 16.2. The molecular weight excluding hydrogens is 256 g/mol. The van der Waals surface area contributed by atoms with Crippen LogP contribution in [-0.2, 0) is 9.59 Å². The molecule has 0 bridgehead atoms. The van der Waals surface area contributed by atoms with Gasteiger partial charge in [0.15, 0.2) is 0 Å². The first-order chi connectivity index (χ1) is 9.65. The van der Waals surface area contributed by atoms with Crippen LogP contribution < -0.4 is 15.5 Å². The van der Waals surface area contributed by atoms with E-state index in [4.69, 9.17) is 0 Å². The van der Waals surface area contributed by atoms with Gasteiger partial charge in [-0.3, -0.25) is 9.59 Å². The number of rotatable bonds is 5. The summed E-state index contributed by atoms with van der Waals surface area (Å²) >= 11 is 0. The maximum absolute atomic E-state index is 11.6. The summed E-state index contributed by atoms with van der Waals surface area (Å²) in [5.74, 6) is 0.697. The van der Waals surface area contributed by atoms with E-state index in [1.54, 1.807) is 6.20 Å². The van der Waals surface area contributed by atoms with Crippen LogP contribution in [0.15, 0.2) is 18.3 Å². The predicted octanol–water partition coefficient (Wildman–Crippen LogP) is 1.15. The molecule has 2 heterocycles. The molecule has 6 nitrogen and oxygen atoms in total. The van der Waals surface area contributed by atoms with Gasteiger partial charge >= 0.3 is 0 Å². The van der Waals surface area contributed by atoms with Crippen molar-refractivity contribution in [2.24, 2.45) is 0 Å². The molecule has 0 spiro atoms. The number of aromatic nitrogens is 1. The molecule has 1 aliphatic heterocycles. The molecule has 1 aromatic heterocycles.